The van der Waals surface area contributed by atoms with Crippen LogP contribution in [0.25, 0.3) is 0 Å². The average Bonchev–Trinajstić information content (AvgIpc) is 3.10. The number of carbonyl (C=O) groups excluding carboxylic acids is 2. The first-order chi connectivity index (χ1) is 12.9. The van der Waals surface area contributed by atoms with Gasteiger partial charge in [0, 0.05) is 52.2 Å². The number of aliphatic hydroxyl groups excluding tert-OH is 1. The molecule has 1 aromatic heterocycles. The number of hydrogen-bond acceptors (Lipinski definition) is 5. The molecule has 3 rings (SSSR count). The molecule has 0 saturated carbocycles. The van der Waals surface area contributed by atoms with Gasteiger partial charge in [-0.15, -0.1) is 0 Å². The van der Waals surface area contributed by atoms with Gasteiger partial charge in [0.25, 0.3) is 5.91 Å². The number of carbonyl (C=O) groups is 2. The number of nitrogens with zero attached hydrogens (tertiary/aromatic N) is 3. The molecule has 7 heteroatoms. The fourth-order valence-electron chi connectivity index (χ4n) is 4.36. The van der Waals surface area contributed by atoms with Gasteiger partial charge in [-0.1, -0.05) is 0 Å². The summed E-state index contributed by atoms with van der Waals surface area (Å²) in [5.41, 5.74) is 0.135. The quantitative estimate of drug-likeness (QED) is 0.814. The van der Waals surface area contributed by atoms with E-state index in [4.69, 9.17) is 9.52 Å². The third kappa shape index (κ3) is 4.71. The molecule has 0 bridgehead atoms. The van der Waals surface area contributed by atoms with Crippen LogP contribution < -0.4 is 0 Å². The molecule has 1 unspecified atom stereocenters. The molecule has 0 radical (unpaired) electrons. The molecule has 0 aliphatic carbocycles. The summed E-state index contributed by atoms with van der Waals surface area (Å²) in [4.78, 5) is 30.0. The Balaban J connectivity index is 1.62. The van der Waals surface area contributed by atoms with Crippen molar-refractivity contribution < 1.29 is 19.1 Å². The molecule has 7 nitrogen and oxygen atoms in total. The standard InChI is InChI=1S/C20H31N3O4/c1-21(2)19(26)17-6-5-16(27-17)13-22-10-3-8-20(14-22)9-7-18(25)23(15-20)11-4-12-24/h5-6,24H,3-4,7-15H2,1-2H3. The van der Waals surface area contributed by atoms with Gasteiger partial charge in [0.05, 0.1) is 6.54 Å². The smallest absolute Gasteiger partial charge is 0.289 e. The lowest BCUT2D eigenvalue weighted by atomic mass is 9.73. The Morgan fingerprint density at radius 2 is 2.11 bits per heavy atom. The maximum absolute atomic E-state index is 12.2. The number of furan rings is 1. The summed E-state index contributed by atoms with van der Waals surface area (Å²) in [5.74, 6) is 1.27. The van der Waals surface area contributed by atoms with Crippen LogP contribution in [0.2, 0.25) is 0 Å². The number of amides is 2. The summed E-state index contributed by atoms with van der Waals surface area (Å²) in [6, 6.07) is 3.63. The first-order valence-corrected chi connectivity index (χ1v) is 9.84. The molecule has 150 valence electrons. The first-order valence-electron chi connectivity index (χ1n) is 9.84. The second kappa shape index (κ2) is 8.44. The van der Waals surface area contributed by atoms with Gasteiger partial charge in [-0.25, -0.2) is 0 Å². The van der Waals surface area contributed by atoms with Crippen molar-refractivity contribution in [2.45, 2.75) is 38.6 Å². The summed E-state index contributed by atoms with van der Waals surface area (Å²) >= 11 is 0. The average molecular weight is 377 g/mol. The lowest BCUT2D eigenvalue weighted by Gasteiger charge is -2.48. The van der Waals surface area contributed by atoms with Gasteiger partial charge in [-0.05, 0) is 44.4 Å². The van der Waals surface area contributed by atoms with Crippen LogP contribution in [-0.4, -0.2) is 78.5 Å². The molecule has 1 spiro atoms. The summed E-state index contributed by atoms with van der Waals surface area (Å²) in [6.45, 7) is 4.18. The van der Waals surface area contributed by atoms with Crippen molar-refractivity contribution in [3.05, 3.63) is 23.7 Å². The fraction of sp³-hybridized carbons (Fsp3) is 0.700. The summed E-state index contributed by atoms with van der Waals surface area (Å²) in [6.07, 6.45) is 4.41. The van der Waals surface area contributed by atoms with Crippen LogP contribution in [0.3, 0.4) is 0 Å². The molecule has 2 fully saturated rings. The highest BCUT2D eigenvalue weighted by atomic mass is 16.4. The minimum atomic E-state index is -0.123. The molecule has 2 aliphatic heterocycles. The topological polar surface area (TPSA) is 77.2 Å². The van der Waals surface area contributed by atoms with Gasteiger partial charge < -0.3 is 19.3 Å². The van der Waals surface area contributed by atoms with Gasteiger partial charge in [0.2, 0.25) is 5.91 Å². The van der Waals surface area contributed by atoms with Gasteiger partial charge in [-0.3, -0.25) is 14.5 Å². The predicted molar refractivity (Wildman–Crippen MR) is 101 cm³/mol. The van der Waals surface area contributed by atoms with Crippen LogP contribution in [0.4, 0.5) is 0 Å². The fourth-order valence-corrected chi connectivity index (χ4v) is 4.36. The second-order valence-corrected chi connectivity index (χ2v) is 8.17. The number of rotatable bonds is 6. The van der Waals surface area contributed by atoms with Crippen molar-refractivity contribution in [1.82, 2.24) is 14.7 Å². The Kier molecular flexibility index (Phi) is 6.22. The lowest BCUT2D eigenvalue weighted by molar-refractivity contribution is -0.139. The molecule has 27 heavy (non-hydrogen) atoms. The molecular weight excluding hydrogens is 346 g/mol. The molecule has 3 heterocycles. The largest absolute Gasteiger partial charge is 0.455 e. The molecule has 2 saturated heterocycles. The van der Waals surface area contributed by atoms with E-state index in [0.717, 1.165) is 44.7 Å². The van der Waals surface area contributed by atoms with Crippen molar-refractivity contribution >= 4 is 11.8 Å². The maximum Gasteiger partial charge on any atom is 0.289 e. The van der Waals surface area contributed by atoms with E-state index in [2.05, 4.69) is 4.90 Å². The van der Waals surface area contributed by atoms with Crippen LogP contribution in [0.5, 0.6) is 0 Å². The highest BCUT2D eigenvalue weighted by Gasteiger charge is 2.41. The van der Waals surface area contributed by atoms with E-state index in [1.54, 1.807) is 20.2 Å². The normalized spacial score (nSPS) is 23.8. The Morgan fingerprint density at radius 3 is 2.85 bits per heavy atom. The zero-order valence-corrected chi connectivity index (χ0v) is 16.4. The van der Waals surface area contributed by atoms with Gasteiger partial charge in [-0.2, -0.15) is 0 Å². The Hall–Kier alpha value is -1.86. The Morgan fingerprint density at radius 1 is 1.30 bits per heavy atom. The van der Waals surface area contributed by atoms with Gasteiger partial charge in [0.1, 0.15) is 5.76 Å². The second-order valence-electron chi connectivity index (χ2n) is 8.17. The van der Waals surface area contributed by atoms with Crippen LogP contribution in [0.15, 0.2) is 16.5 Å². The van der Waals surface area contributed by atoms with Crippen LogP contribution >= 0.6 is 0 Å². The molecule has 1 aromatic rings. The monoisotopic (exact) mass is 377 g/mol. The van der Waals surface area contributed by atoms with Crippen molar-refractivity contribution in [1.29, 1.82) is 0 Å². The number of likely N-dealkylation sites (tertiary alicyclic amines) is 2. The Labute approximate surface area is 160 Å². The molecule has 2 aliphatic rings. The molecular formula is C20H31N3O4. The van der Waals surface area contributed by atoms with Crippen molar-refractivity contribution in [2.24, 2.45) is 5.41 Å². The summed E-state index contributed by atoms with van der Waals surface area (Å²) in [5, 5.41) is 9.08. The molecule has 1 N–H and O–H groups in total. The summed E-state index contributed by atoms with van der Waals surface area (Å²) < 4.78 is 5.75. The number of aliphatic hydroxyl groups is 1. The van der Waals surface area contributed by atoms with E-state index < -0.39 is 0 Å². The van der Waals surface area contributed by atoms with Gasteiger partial charge in [0.15, 0.2) is 5.76 Å². The molecule has 0 aromatic carbocycles. The zero-order chi connectivity index (χ0) is 19.4. The van der Waals surface area contributed by atoms with Crippen molar-refractivity contribution in [3.63, 3.8) is 0 Å². The first kappa shape index (κ1) is 19.9. The van der Waals surface area contributed by atoms with E-state index >= 15 is 0 Å². The third-order valence-corrected chi connectivity index (χ3v) is 5.73. The highest BCUT2D eigenvalue weighted by molar-refractivity contribution is 5.91. The number of piperidine rings is 2. The highest BCUT2D eigenvalue weighted by Crippen LogP contribution is 2.39. The predicted octanol–water partition coefficient (Wildman–Crippen LogP) is 1.57. The zero-order valence-electron chi connectivity index (χ0n) is 16.4. The SMILES string of the molecule is CN(C)C(=O)c1ccc(CN2CCCC3(CCC(=O)N(CCCO)C3)C2)o1. The summed E-state index contributed by atoms with van der Waals surface area (Å²) in [7, 11) is 3.43. The minimum Gasteiger partial charge on any atom is -0.455 e. The van der Waals surface area contributed by atoms with E-state index in [0.29, 0.717) is 31.7 Å². The van der Waals surface area contributed by atoms with E-state index in [9.17, 15) is 9.59 Å². The van der Waals surface area contributed by atoms with Crippen LogP contribution in [-0.2, 0) is 11.3 Å². The minimum absolute atomic E-state index is 0.120. The van der Waals surface area contributed by atoms with E-state index in [1.165, 1.54) is 4.90 Å². The van der Waals surface area contributed by atoms with Gasteiger partial charge >= 0.3 is 0 Å². The molecule has 1 atom stereocenters. The van der Waals surface area contributed by atoms with Crippen LogP contribution in [0, 0.1) is 5.41 Å². The van der Waals surface area contributed by atoms with Crippen LogP contribution in [0.1, 0.15) is 48.4 Å². The van der Waals surface area contributed by atoms with Crippen molar-refractivity contribution in [3.8, 4) is 0 Å². The maximum atomic E-state index is 12.2. The van der Waals surface area contributed by atoms with Crippen molar-refractivity contribution in [2.75, 3.05) is 46.9 Å². The molecule has 2 amide bonds. The third-order valence-electron chi connectivity index (χ3n) is 5.73. The van der Waals surface area contributed by atoms with E-state index in [-0.39, 0.29) is 23.8 Å². The lowest BCUT2D eigenvalue weighted by Crippen LogP contribution is -2.54. The van der Waals surface area contributed by atoms with E-state index in [1.807, 2.05) is 11.0 Å². The number of hydrogen-bond donors (Lipinski definition) is 1. The Bertz CT molecular complexity index is 672.